The summed E-state index contributed by atoms with van der Waals surface area (Å²) in [6, 6.07) is 18.7. The van der Waals surface area contributed by atoms with E-state index in [-0.39, 0.29) is 17.4 Å². The molecule has 2 fully saturated rings. The van der Waals surface area contributed by atoms with Gasteiger partial charge >= 0.3 is 0 Å². The summed E-state index contributed by atoms with van der Waals surface area (Å²) in [7, 11) is 0. The van der Waals surface area contributed by atoms with Crippen LogP contribution in [0.2, 0.25) is 0 Å². The fourth-order valence-corrected chi connectivity index (χ4v) is 2.82. The van der Waals surface area contributed by atoms with Gasteiger partial charge in [0, 0.05) is 0 Å². The summed E-state index contributed by atoms with van der Waals surface area (Å²) in [6.07, 6.45) is 1.18. The van der Waals surface area contributed by atoms with Crippen LogP contribution in [0.4, 0.5) is 0 Å². The molecule has 2 aromatic rings. The van der Waals surface area contributed by atoms with Gasteiger partial charge in [0.05, 0.1) is 5.70 Å². The van der Waals surface area contributed by atoms with E-state index in [1.165, 1.54) is 0 Å². The number of nitrogens with one attached hydrogen (secondary N) is 1. The molecule has 2 unspecified atom stereocenters. The molecule has 1 N–H and O–H groups in total. The summed E-state index contributed by atoms with van der Waals surface area (Å²) in [5.74, 6) is -0.677. The standard InChI is InChI=1S/C18H13NO3/c20-15-14(11-12-7-3-1-4-8-12)19-17(21)18(15)16(22-18)13-9-5-2-6-10-13/h1-11,16H,(H,19,21)/b14-11+. The minimum absolute atomic E-state index is 0.287. The van der Waals surface area contributed by atoms with Crippen LogP contribution in [0.3, 0.4) is 0 Å². The van der Waals surface area contributed by atoms with Crippen LogP contribution in [0.1, 0.15) is 17.2 Å². The summed E-state index contributed by atoms with van der Waals surface area (Å²) in [6.45, 7) is 0. The van der Waals surface area contributed by atoms with E-state index in [1.54, 1.807) is 6.08 Å². The zero-order valence-corrected chi connectivity index (χ0v) is 11.7. The number of carbonyl (C=O) groups is 2. The SMILES string of the molecule is O=C1N/C(=C/c2ccccc2)C(=O)C12OC2c1ccccc1. The third-order valence-electron chi connectivity index (χ3n) is 4.00. The number of rotatable bonds is 2. The topological polar surface area (TPSA) is 58.7 Å². The summed E-state index contributed by atoms with van der Waals surface area (Å²) in [4.78, 5) is 24.9. The van der Waals surface area contributed by atoms with Gasteiger partial charge in [0.15, 0.2) is 0 Å². The number of Topliss-reactive ketones (excluding diaryl/α,β-unsaturated/α-hetero) is 1. The zero-order valence-electron chi connectivity index (χ0n) is 11.7. The minimum Gasteiger partial charge on any atom is -0.343 e. The Bertz CT molecular complexity index is 782. The molecule has 0 aliphatic carbocycles. The lowest BCUT2D eigenvalue weighted by atomic mass is 9.96. The molecule has 1 spiro atoms. The van der Waals surface area contributed by atoms with E-state index in [1.807, 2.05) is 60.7 Å². The number of ether oxygens (including phenoxy) is 1. The summed E-state index contributed by atoms with van der Waals surface area (Å²) < 4.78 is 5.54. The van der Waals surface area contributed by atoms with E-state index >= 15 is 0 Å². The van der Waals surface area contributed by atoms with Gasteiger partial charge in [-0.2, -0.15) is 0 Å². The largest absolute Gasteiger partial charge is 0.343 e. The third-order valence-corrected chi connectivity index (χ3v) is 4.00. The molecule has 0 saturated carbocycles. The lowest BCUT2D eigenvalue weighted by molar-refractivity contribution is -0.128. The van der Waals surface area contributed by atoms with Crippen LogP contribution in [0.5, 0.6) is 0 Å². The molecule has 2 aliphatic heterocycles. The minimum atomic E-state index is -1.37. The van der Waals surface area contributed by atoms with Crippen LogP contribution in [-0.2, 0) is 14.3 Å². The first-order valence-electron chi connectivity index (χ1n) is 7.07. The monoisotopic (exact) mass is 291 g/mol. The summed E-state index contributed by atoms with van der Waals surface area (Å²) in [5, 5.41) is 2.65. The second-order valence-electron chi connectivity index (χ2n) is 5.40. The summed E-state index contributed by atoms with van der Waals surface area (Å²) in [5.41, 5.74) is 0.615. The molecule has 2 saturated heterocycles. The Hall–Kier alpha value is -2.72. The van der Waals surface area contributed by atoms with Crippen molar-refractivity contribution in [1.29, 1.82) is 0 Å². The number of hydrogen-bond acceptors (Lipinski definition) is 3. The first-order chi connectivity index (χ1) is 10.7. The number of benzene rings is 2. The number of epoxide rings is 1. The predicted octanol–water partition coefficient (Wildman–Crippen LogP) is 2.24. The average molecular weight is 291 g/mol. The quantitative estimate of drug-likeness (QED) is 0.524. The number of amides is 1. The Morgan fingerprint density at radius 3 is 2.27 bits per heavy atom. The zero-order chi connectivity index (χ0) is 15.2. The maximum absolute atomic E-state index is 12.6. The molecular weight excluding hydrogens is 278 g/mol. The maximum Gasteiger partial charge on any atom is 0.268 e. The Morgan fingerprint density at radius 1 is 0.955 bits per heavy atom. The van der Waals surface area contributed by atoms with Crippen molar-refractivity contribution in [1.82, 2.24) is 5.32 Å². The molecule has 4 heteroatoms. The molecule has 4 rings (SSSR count). The highest BCUT2D eigenvalue weighted by Gasteiger charge is 2.72. The lowest BCUT2D eigenvalue weighted by Crippen LogP contribution is -2.30. The third kappa shape index (κ3) is 1.81. The van der Waals surface area contributed by atoms with E-state index in [2.05, 4.69) is 5.32 Å². The molecule has 108 valence electrons. The molecule has 2 heterocycles. The van der Waals surface area contributed by atoms with Gasteiger partial charge in [0.1, 0.15) is 6.10 Å². The molecule has 2 aromatic carbocycles. The van der Waals surface area contributed by atoms with E-state index < -0.39 is 11.7 Å². The van der Waals surface area contributed by atoms with E-state index in [0.29, 0.717) is 0 Å². The van der Waals surface area contributed by atoms with Gasteiger partial charge in [0.25, 0.3) is 5.91 Å². The molecular formula is C18H13NO3. The van der Waals surface area contributed by atoms with Crippen molar-refractivity contribution in [2.24, 2.45) is 0 Å². The Balaban J connectivity index is 1.66. The van der Waals surface area contributed by atoms with Crippen molar-refractivity contribution in [3.8, 4) is 0 Å². The highest BCUT2D eigenvalue weighted by molar-refractivity contribution is 6.27. The van der Waals surface area contributed by atoms with Crippen molar-refractivity contribution in [2.75, 3.05) is 0 Å². The van der Waals surface area contributed by atoms with Gasteiger partial charge in [-0.15, -0.1) is 0 Å². The van der Waals surface area contributed by atoms with Gasteiger partial charge in [-0.3, -0.25) is 9.59 Å². The van der Waals surface area contributed by atoms with Crippen LogP contribution in [0, 0.1) is 0 Å². The van der Waals surface area contributed by atoms with Crippen LogP contribution < -0.4 is 5.32 Å². The van der Waals surface area contributed by atoms with Crippen LogP contribution >= 0.6 is 0 Å². The highest BCUT2D eigenvalue weighted by Crippen LogP contribution is 2.53. The molecule has 0 bridgehead atoms. The molecule has 4 nitrogen and oxygen atoms in total. The average Bonchev–Trinajstić information content (AvgIpc) is 3.27. The second-order valence-corrected chi connectivity index (χ2v) is 5.40. The molecule has 2 aliphatic rings. The van der Waals surface area contributed by atoms with E-state index in [4.69, 9.17) is 4.74 Å². The van der Waals surface area contributed by atoms with Crippen LogP contribution in [0.15, 0.2) is 66.4 Å². The van der Waals surface area contributed by atoms with Crippen molar-refractivity contribution >= 4 is 17.8 Å². The van der Waals surface area contributed by atoms with Crippen molar-refractivity contribution in [2.45, 2.75) is 11.7 Å². The van der Waals surface area contributed by atoms with Crippen LogP contribution in [-0.4, -0.2) is 17.3 Å². The number of carbonyl (C=O) groups excluding carboxylic acids is 2. The molecule has 0 radical (unpaired) electrons. The Labute approximate surface area is 127 Å². The maximum atomic E-state index is 12.6. The first kappa shape index (κ1) is 13.0. The normalized spacial score (nSPS) is 28.2. The molecule has 0 aromatic heterocycles. The smallest absolute Gasteiger partial charge is 0.268 e. The second kappa shape index (κ2) is 4.64. The first-order valence-corrected chi connectivity index (χ1v) is 7.07. The Kier molecular flexibility index (Phi) is 2.74. The predicted molar refractivity (Wildman–Crippen MR) is 80.6 cm³/mol. The molecule has 22 heavy (non-hydrogen) atoms. The van der Waals surface area contributed by atoms with Crippen LogP contribution in [0.25, 0.3) is 6.08 Å². The number of hydrogen-bond donors (Lipinski definition) is 1. The fraction of sp³-hybridized carbons (Fsp3) is 0.111. The van der Waals surface area contributed by atoms with Crippen molar-refractivity contribution < 1.29 is 14.3 Å². The van der Waals surface area contributed by atoms with E-state index in [0.717, 1.165) is 11.1 Å². The van der Waals surface area contributed by atoms with Gasteiger partial charge in [-0.05, 0) is 17.2 Å². The van der Waals surface area contributed by atoms with Crippen molar-refractivity contribution in [3.05, 3.63) is 77.5 Å². The number of ketones is 1. The highest BCUT2D eigenvalue weighted by atomic mass is 16.6. The molecule has 1 amide bonds. The van der Waals surface area contributed by atoms with Gasteiger partial charge < -0.3 is 10.1 Å². The summed E-state index contributed by atoms with van der Waals surface area (Å²) >= 11 is 0. The fourth-order valence-electron chi connectivity index (χ4n) is 2.82. The van der Waals surface area contributed by atoms with Gasteiger partial charge in [-0.1, -0.05) is 60.7 Å². The van der Waals surface area contributed by atoms with Crippen molar-refractivity contribution in [3.63, 3.8) is 0 Å². The lowest BCUT2D eigenvalue weighted by Gasteiger charge is -1.98. The van der Waals surface area contributed by atoms with E-state index in [9.17, 15) is 9.59 Å². The Morgan fingerprint density at radius 2 is 1.59 bits per heavy atom. The van der Waals surface area contributed by atoms with Gasteiger partial charge in [-0.25, -0.2) is 0 Å². The van der Waals surface area contributed by atoms with Gasteiger partial charge in [0.2, 0.25) is 11.4 Å². The molecule has 2 atom stereocenters.